The fourth-order valence-electron chi connectivity index (χ4n) is 1.99. The molecule has 0 saturated carbocycles. The Morgan fingerprint density at radius 3 is 2.89 bits per heavy atom. The Hall–Kier alpha value is -2.01. The number of nitrogen functional groups attached to an aromatic ring is 1. The molecule has 3 aromatic rings. The first-order chi connectivity index (χ1) is 9.24. The minimum atomic E-state index is 0.744. The van der Waals surface area contributed by atoms with E-state index in [2.05, 4.69) is 34.3 Å². The highest BCUT2D eigenvalue weighted by Crippen LogP contribution is 2.20. The summed E-state index contributed by atoms with van der Waals surface area (Å²) in [6, 6.07) is 10.0. The van der Waals surface area contributed by atoms with Gasteiger partial charge in [-0.2, -0.15) is 0 Å². The molecule has 0 fully saturated rings. The summed E-state index contributed by atoms with van der Waals surface area (Å²) in [7, 11) is 0. The van der Waals surface area contributed by atoms with Crippen molar-refractivity contribution in [2.45, 2.75) is 19.9 Å². The molecule has 2 heterocycles. The molecule has 0 saturated heterocycles. The quantitative estimate of drug-likeness (QED) is 0.638. The van der Waals surface area contributed by atoms with Crippen molar-refractivity contribution in [3.8, 4) is 0 Å². The zero-order chi connectivity index (χ0) is 13.2. The van der Waals surface area contributed by atoms with Gasteiger partial charge in [0, 0.05) is 15.4 Å². The molecular weight excluding hydrogens is 256 g/mol. The normalized spacial score (nSPS) is 11.0. The van der Waals surface area contributed by atoms with Crippen molar-refractivity contribution in [3.05, 3.63) is 40.1 Å². The molecule has 19 heavy (non-hydrogen) atoms. The topological polar surface area (TPSA) is 66.7 Å². The van der Waals surface area contributed by atoms with Crippen LogP contribution in [0.5, 0.6) is 0 Å². The van der Waals surface area contributed by atoms with E-state index in [-0.39, 0.29) is 0 Å². The number of thiophene rings is 1. The molecule has 0 aliphatic heterocycles. The van der Waals surface area contributed by atoms with Crippen molar-refractivity contribution in [2.75, 3.05) is 11.1 Å². The van der Waals surface area contributed by atoms with Gasteiger partial charge < -0.3 is 16.0 Å². The molecule has 0 spiro atoms. The largest absolute Gasteiger partial charge is 0.399 e. The van der Waals surface area contributed by atoms with E-state index in [4.69, 9.17) is 5.73 Å². The van der Waals surface area contributed by atoms with E-state index in [0.29, 0.717) is 0 Å². The average Bonchev–Trinajstić information content (AvgIpc) is 3.01. The summed E-state index contributed by atoms with van der Waals surface area (Å²) in [6.07, 6.45) is 1.09. The standard InChI is InChI=1S/C14H16N4S/c1-2-10-4-5-11(19-10)8-16-14-17-12-6-3-9(15)7-13(12)18-14/h3-7H,2,8,15H2,1H3,(H2,16,17,18). The number of nitrogens with one attached hydrogen (secondary N) is 2. The predicted molar refractivity (Wildman–Crippen MR) is 81.5 cm³/mol. The van der Waals surface area contributed by atoms with Crippen molar-refractivity contribution in [3.63, 3.8) is 0 Å². The lowest BCUT2D eigenvalue weighted by Crippen LogP contribution is -1.98. The Balaban J connectivity index is 1.74. The number of fused-ring (bicyclic) bond motifs is 1. The summed E-state index contributed by atoms with van der Waals surface area (Å²) in [4.78, 5) is 10.4. The Kier molecular flexibility index (Phi) is 3.13. The molecule has 3 rings (SSSR count). The van der Waals surface area contributed by atoms with Crippen LogP contribution in [0.2, 0.25) is 0 Å². The number of nitrogens with two attached hydrogens (primary N) is 1. The van der Waals surface area contributed by atoms with Crippen LogP contribution in [0, 0.1) is 0 Å². The number of hydrogen-bond donors (Lipinski definition) is 3. The Labute approximate surface area is 115 Å². The zero-order valence-corrected chi connectivity index (χ0v) is 11.6. The third-order valence-corrected chi connectivity index (χ3v) is 4.23. The molecular formula is C14H16N4S. The van der Waals surface area contributed by atoms with Crippen LogP contribution >= 0.6 is 11.3 Å². The molecule has 98 valence electrons. The first kappa shape index (κ1) is 12.0. The lowest BCUT2D eigenvalue weighted by molar-refractivity contribution is 1.13. The number of imidazole rings is 1. The fourth-order valence-corrected chi connectivity index (χ4v) is 2.89. The van der Waals surface area contributed by atoms with Crippen LogP contribution in [0.15, 0.2) is 30.3 Å². The van der Waals surface area contributed by atoms with E-state index >= 15 is 0 Å². The van der Waals surface area contributed by atoms with Crippen LogP contribution in [-0.2, 0) is 13.0 Å². The van der Waals surface area contributed by atoms with Gasteiger partial charge in [-0.3, -0.25) is 0 Å². The number of aromatic nitrogens is 2. The van der Waals surface area contributed by atoms with E-state index in [0.717, 1.165) is 35.6 Å². The Morgan fingerprint density at radius 1 is 1.26 bits per heavy atom. The minimum absolute atomic E-state index is 0.744. The summed E-state index contributed by atoms with van der Waals surface area (Å²) in [5.74, 6) is 0.784. The molecule has 0 unspecified atom stereocenters. The number of nitrogens with zero attached hydrogens (tertiary/aromatic N) is 1. The van der Waals surface area contributed by atoms with Crippen molar-refractivity contribution in [1.82, 2.24) is 9.97 Å². The van der Waals surface area contributed by atoms with Crippen LogP contribution < -0.4 is 11.1 Å². The van der Waals surface area contributed by atoms with Crippen molar-refractivity contribution >= 4 is 34.0 Å². The zero-order valence-electron chi connectivity index (χ0n) is 10.7. The van der Waals surface area contributed by atoms with E-state index in [9.17, 15) is 0 Å². The lowest BCUT2D eigenvalue weighted by Gasteiger charge is -1.99. The highest BCUT2D eigenvalue weighted by atomic mass is 32.1. The second kappa shape index (κ2) is 4.93. The molecule has 4 N–H and O–H groups in total. The molecule has 2 aromatic heterocycles. The van der Waals surface area contributed by atoms with Crippen LogP contribution in [0.4, 0.5) is 11.6 Å². The number of aryl methyl sites for hydroxylation is 1. The summed E-state index contributed by atoms with van der Waals surface area (Å²) in [5.41, 5.74) is 8.38. The van der Waals surface area contributed by atoms with Crippen LogP contribution in [0.1, 0.15) is 16.7 Å². The summed E-state index contributed by atoms with van der Waals surface area (Å²) < 4.78 is 0. The Morgan fingerprint density at radius 2 is 2.11 bits per heavy atom. The molecule has 4 nitrogen and oxygen atoms in total. The molecule has 0 bridgehead atoms. The number of hydrogen-bond acceptors (Lipinski definition) is 4. The maximum Gasteiger partial charge on any atom is 0.201 e. The maximum atomic E-state index is 5.75. The van der Waals surface area contributed by atoms with Gasteiger partial charge in [0.15, 0.2) is 0 Å². The van der Waals surface area contributed by atoms with E-state index < -0.39 is 0 Å². The van der Waals surface area contributed by atoms with E-state index in [1.54, 1.807) is 0 Å². The smallest absolute Gasteiger partial charge is 0.201 e. The van der Waals surface area contributed by atoms with Crippen molar-refractivity contribution in [2.24, 2.45) is 0 Å². The summed E-state index contributed by atoms with van der Waals surface area (Å²) in [5, 5.41) is 3.31. The number of rotatable bonds is 4. The molecule has 0 amide bonds. The average molecular weight is 272 g/mol. The van der Waals surface area contributed by atoms with Gasteiger partial charge in [-0.25, -0.2) is 4.98 Å². The maximum absolute atomic E-state index is 5.75. The monoisotopic (exact) mass is 272 g/mol. The number of aromatic amines is 1. The third kappa shape index (κ3) is 2.56. The number of benzene rings is 1. The fraction of sp³-hybridized carbons (Fsp3) is 0.214. The van der Waals surface area contributed by atoms with Gasteiger partial charge in [0.25, 0.3) is 0 Å². The minimum Gasteiger partial charge on any atom is -0.399 e. The van der Waals surface area contributed by atoms with Gasteiger partial charge >= 0.3 is 0 Å². The van der Waals surface area contributed by atoms with Crippen molar-refractivity contribution in [1.29, 1.82) is 0 Å². The van der Waals surface area contributed by atoms with E-state index in [1.165, 1.54) is 9.75 Å². The van der Waals surface area contributed by atoms with Crippen LogP contribution in [-0.4, -0.2) is 9.97 Å². The second-order valence-electron chi connectivity index (χ2n) is 4.44. The molecule has 0 aliphatic rings. The molecule has 0 aliphatic carbocycles. The van der Waals surface area contributed by atoms with Crippen LogP contribution in [0.25, 0.3) is 11.0 Å². The Bertz CT molecular complexity index is 698. The third-order valence-electron chi connectivity index (χ3n) is 3.00. The van der Waals surface area contributed by atoms with Crippen molar-refractivity contribution < 1.29 is 0 Å². The molecule has 5 heteroatoms. The highest BCUT2D eigenvalue weighted by Gasteiger charge is 2.03. The second-order valence-corrected chi connectivity index (χ2v) is 5.69. The molecule has 0 radical (unpaired) electrons. The number of H-pyrrole nitrogens is 1. The van der Waals surface area contributed by atoms with Crippen LogP contribution in [0.3, 0.4) is 0 Å². The van der Waals surface area contributed by atoms with Gasteiger partial charge in [-0.15, -0.1) is 11.3 Å². The predicted octanol–water partition coefficient (Wildman–Crippen LogP) is 3.38. The van der Waals surface area contributed by atoms with Gasteiger partial charge in [0.1, 0.15) is 0 Å². The number of anilines is 2. The summed E-state index contributed by atoms with van der Waals surface area (Å²) >= 11 is 1.84. The molecule has 0 atom stereocenters. The first-order valence-electron chi connectivity index (χ1n) is 6.31. The SMILES string of the molecule is CCc1ccc(CNc2nc3ccc(N)cc3[nH]2)s1. The van der Waals surface area contributed by atoms with Gasteiger partial charge in [0.2, 0.25) is 5.95 Å². The van der Waals surface area contributed by atoms with Gasteiger partial charge in [-0.05, 0) is 36.8 Å². The van der Waals surface area contributed by atoms with Gasteiger partial charge in [0.05, 0.1) is 17.6 Å². The molecule has 1 aromatic carbocycles. The highest BCUT2D eigenvalue weighted by molar-refractivity contribution is 7.12. The summed E-state index contributed by atoms with van der Waals surface area (Å²) in [6.45, 7) is 2.96. The van der Waals surface area contributed by atoms with E-state index in [1.807, 2.05) is 29.5 Å². The first-order valence-corrected chi connectivity index (χ1v) is 7.13. The lowest BCUT2D eigenvalue weighted by atomic mass is 10.3. The van der Waals surface area contributed by atoms with Gasteiger partial charge in [-0.1, -0.05) is 6.92 Å².